The van der Waals surface area contributed by atoms with Crippen LogP contribution in [0.15, 0.2) is 11.6 Å². The number of amides is 1. The summed E-state index contributed by atoms with van der Waals surface area (Å²) in [5, 5.41) is 4.72. The molecule has 7 heteroatoms. The van der Waals surface area contributed by atoms with Crippen molar-refractivity contribution in [2.75, 3.05) is 18.0 Å². The maximum atomic E-state index is 11.9. The second-order valence-electron chi connectivity index (χ2n) is 4.73. The van der Waals surface area contributed by atoms with Gasteiger partial charge in [-0.2, -0.15) is 0 Å². The number of likely N-dealkylation sites (N-methyl/N-ethyl adjacent to an activating group) is 1. The average Bonchev–Trinajstić information content (AvgIpc) is 2.94. The molecule has 0 saturated heterocycles. The van der Waals surface area contributed by atoms with Gasteiger partial charge in [-0.3, -0.25) is 14.0 Å². The largest absolute Gasteiger partial charge is 0.352 e. The van der Waals surface area contributed by atoms with Crippen molar-refractivity contribution in [3.05, 3.63) is 17.3 Å². The van der Waals surface area contributed by atoms with Crippen molar-refractivity contribution in [2.45, 2.75) is 26.8 Å². The molecule has 1 N–H and O–H groups in total. The number of aldehydes is 1. The molecule has 0 saturated carbocycles. The van der Waals surface area contributed by atoms with E-state index in [1.54, 1.807) is 9.30 Å². The molecular formula is C13H18N4O2S. The summed E-state index contributed by atoms with van der Waals surface area (Å²) in [6.07, 6.45) is 2.59. The molecule has 0 fully saturated rings. The molecule has 1 amide bonds. The van der Waals surface area contributed by atoms with Gasteiger partial charge < -0.3 is 10.2 Å². The van der Waals surface area contributed by atoms with Gasteiger partial charge in [-0.25, -0.2) is 4.98 Å². The first-order chi connectivity index (χ1) is 9.56. The molecule has 2 aromatic heterocycles. The number of nitrogens with one attached hydrogen (secondary N) is 1. The minimum Gasteiger partial charge on any atom is -0.352 e. The molecule has 0 aliphatic carbocycles. The number of carbonyl (C=O) groups excluding carboxylic acids is 2. The Labute approximate surface area is 121 Å². The molecule has 20 heavy (non-hydrogen) atoms. The monoisotopic (exact) mass is 294 g/mol. The van der Waals surface area contributed by atoms with Crippen LogP contribution in [0, 0.1) is 0 Å². The van der Waals surface area contributed by atoms with Crippen LogP contribution in [-0.4, -0.2) is 40.7 Å². The van der Waals surface area contributed by atoms with E-state index in [-0.39, 0.29) is 18.5 Å². The lowest BCUT2D eigenvalue weighted by Crippen LogP contribution is -2.40. The normalized spacial score (nSPS) is 11.0. The summed E-state index contributed by atoms with van der Waals surface area (Å²) in [5.41, 5.74) is 0.487. The zero-order valence-corrected chi connectivity index (χ0v) is 12.6. The summed E-state index contributed by atoms with van der Waals surface area (Å²) in [4.78, 5) is 30.2. The minimum atomic E-state index is -0.0740. The maximum absolute atomic E-state index is 11.9. The molecule has 0 atom stereocenters. The van der Waals surface area contributed by atoms with Gasteiger partial charge in [0.05, 0.1) is 6.54 Å². The first kappa shape index (κ1) is 14.5. The van der Waals surface area contributed by atoms with Crippen LogP contribution in [0.3, 0.4) is 0 Å². The number of nitrogens with zero attached hydrogens (tertiary/aromatic N) is 3. The summed E-state index contributed by atoms with van der Waals surface area (Å²) in [6.45, 7) is 6.57. The Kier molecular flexibility index (Phi) is 4.39. The van der Waals surface area contributed by atoms with Crippen LogP contribution in [0.1, 0.15) is 31.3 Å². The molecule has 0 spiro atoms. The van der Waals surface area contributed by atoms with Crippen LogP contribution in [0.4, 0.5) is 5.82 Å². The third-order valence-corrected chi connectivity index (χ3v) is 3.61. The average molecular weight is 294 g/mol. The van der Waals surface area contributed by atoms with E-state index in [1.807, 2.05) is 32.3 Å². The van der Waals surface area contributed by atoms with Crippen molar-refractivity contribution < 1.29 is 9.59 Å². The quantitative estimate of drug-likeness (QED) is 0.821. The molecule has 0 aliphatic rings. The lowest BCUT2D eigenvalue weighted by molar-refractivity contribution is -0.120. The highest BCUT2D eigenvalue weighted by Gasteiger charge is 2.19. The number of fused-ring (bicyclic) bond motifs is 1. The molecule has 0 bridgehead atoms. The summed E-state index contributed by atoms with van der Waals surface area (Å²) in [6, 6.07) is 0.0947. The van der Waals surface area contributed by atoms with Gasteiger partial charge in [-0.05, 0) is 20.8 Å². The van der Waals surface area contributed by atoms with Gasteiger partial charge in [0.1, 0.15) is 5.69 Å². The highest BCUT2D eigenvalue weighted by atomic mass is 32.1. The van der Waals surface area contributed by atoms with Gasteiger partial charge in [-0.15, -0.1) is 11.3 Å². The number of hydrogen-bond donors (Lipinski definition) is 1. The van der Waals surface area contributed by atoms with Gasteiger partial charge in [0, 0.05) is 24.2 Å². The summed E-state index contributed by atoms with van der Waals surface area (Å²) < 4.78 is 1.75. The zero-order valence-electron chi connectivity index (χ0n) is 11.8. The Morgan fingerprint density at radius 2 is 2.35 bits per heavy atom. The van der Waals surface area contributed by atoms with E-state index in [0.29, 0.717) is 18.1 Å². The van der Waals surface area contributed by atoms with E-state index >= 15 is 0 Å². The smallest absolute Gasteiger partial charge is 0.239 e. The van der Waals surface area contributed by atoms with E-state index < -0.39 is 0 Å². The molecule has 0 aliphatic heterocycles. The number of carbonyl (C=O) groups is 2. The van der Waals surface area contributed by atoms with Crippen molar-refractivity contribution in [2.24, 2.45) is 0 Å². The molecule has 2 rings (SSSR count). The Bertz CT molecular complexity index is 617. The van der Waals surface area contributed by atoms with Crippen LogP contribution >= 0.6 is 11.3 Å². The first-order valence-electron chi connectivity index (χ1n) is 6.51. The van der Waals surface area contributed by atoms with Crippen molar-refractivity contribution >= 4 is 34.3 Å². The molecule has 108 valence electrons. The number of rotatable bonds is 6. The second kappa shape index (κ2) is 6.04. The first-order valence-corrected chi connectivity index (χ1v) is 7.39. The van der Waals surface area contributed by atoms with E-state index in [1.165, 1.54) is 11.3 Å². The summed E-state index contributed by atoms with van der Waals surface area (Å²) in [7, 11) is 0. The number of anilines is 1. The number of thiazole rings is 1. The maximum Gasteiger partial charge on any atom is 0.239 e. The van der Waals surface area contributed by atoms with Crippen LogP contribution in [0.25, 0.3) is 4.96 Å². The van der Waals surface area contributed by atoms with Gasteiger partial charge in [0.2, 0.25) is 5.91 Å². The molecule has 0 aromatic carbocycles. The lowest BCUT2D eigenvalue weighted by atomic mass is 10.3. The van der Waals surface area contributed by atoms with E-state index in [2.05, 4.69) is 10.3 Å². The van der Waals surface area contributed by atoms with Gasteiger partial charge in [0.15, 0.2) is 17.1 Å². The number of aromatic nitrogens is 2. The number of hydrogen-bond acceptors (Lipinski definition) is 5. The summed E-state index contributed by atoms with van der Waals surface area (Å²) in [5.74, 6) is 0.489. The van der Waals surface area contributed by atoms with Crippen LogP contribution in [-0.2, 0) is 4.79 Å². The standard InChI is InChI=1S/C13H18N4O2S/c1-4-16(7-11(19)14-9(2)3)12-10(8-18)17-5-6-20-13(17)15-12/h5-6,8-9H,4,7H2,1-3H3,(H,14,19). The predicted octanol–water partition coefficient (Wildman–Crippen LogP) is 1.56. The number of imidazole rings is 1. The molecule has 0 radical (unpaired) electrons. The highest BCUT2D eigenvalue weighted by Crippen LogP contribution is 2.23. The molecular weight excluding hydrogens is 276 g/mol. The predicted molar refractivity (Wildman–Crippen MR) is 79.6 cm³/mol. The molecule has 0 unspecified atom stereocenters. The van der Waals surface area contributed by atoms with Gasteiger partial charge in [-0.1, -0.05) is 0 Å². The van der Waals surface area contributed by atoms with E-state index in [4.69, 9.17) is 0 Å². The third kappa shape index (κ3) is 2.82. The highest BCUT2D eigenvalue weighted by molar-refractivity contribution is 7.15. The minimum absolute atomic E-state index is 0.0740. The van der Waals surface area contributed by atoms with E-state index in [0.717, 1.165) is 11.2 Å². The van der Waals surface area contributed by atoms with Crippen molar-refractivity contribution in [3.63, 3.8) is 0 Å². The van der Waals surface area contributed by atoms with Crippen LogP contribution in [0.2, 0.25) is 0 Å². The van der Waals surface area contributed by atoms with E-state index in [9.17, 15) is 9.59 Å². The summed E-state index contributed by atoms with van der Waals surface area (Å²) >= 11 is 1.46. The van der Waals surface area contributed by atoms with Crippen molar-refractivity contribution in [1.29, 1.82) is 0 Å². The lowest BCUT2D eigenvalue weighted by Gasteiger charge is -2.21. The fourth-order valence-corrected chi connectivity index (χ4v) is 2.73. The topological polar surface area (TPSA) is 66.7 Å². The van der Waals surface area contributed by atoms with Crippen LogP contribution in [0.5, 0.6) is 0 Å². The molecule has 6 nitrogen and oxygen atoms in total. The van der Waals surface area contributed by atoms with Crippen molar-refractivity contribution in [3.8, 4) is 0 Å². The van der Waals surface area contributed by atoms with Crippen LogP contribution < -0.4 is 10.2 Å². The Morgan fingerprint density at radius 1 is 1.60 bits per heavy atom. The zero-order chi connectivity index (χ0) is 14.7. The van der Waals surface area contributed by atoms with Crippen molar-refractivity contribution in [1.82, 2.24) is 14.7 Å². The molecule has 2 aromatic rings. The Balaban J connectivity index is 2.27. The van der Waals surface area contributed by atoms with Gasteiger partial charge in [0.25, 0.3) is 0 Å². The Morgan fingerprint density at radius 3 is 2.95 bits per heavy atom. The fourth-order valence-electron chi connectivity index (χ4n) is 2.01. The SMILES string of the molecule is CCN(CC(=O)NC(C)C)c1nc2sccn2c1C=O. The fraction of sp³-hybridized carbons (Fsp3) is 0.462. The Hall–Kier alpha value is -1.89. The van der Waals surface area contributed by atoms with Gasteiger partial charge >= 0.3 is 0 Å². The third-order valence-electron chi connectivity index (χ3n) is 2.86. The molecule has 2 heterocycles. The second-order valence-corrected chi connectivity index (χ2v) is 5.60.